The Morgan fingerprint density at radius 1 is 1.30 bits per heavy atom. The van der Waals surface area contributed by atoms with Crippen LogP contribution in [0.2, 0.25) is 0 Å². The molecular weight excluding hydrogens is 284 g/mol. The van der Waals surface area contributed by atoms with Crippen LogP contribution in [0.4, 0.5) is 5.69 Å². The van der Waals surface area contributed by atoms with Crippen molar-refractivity contribution in [3.8, 4) is 0 Å². The summed E-state index contributed by atoms with van der Waals surface area (Å²) in [5, 5.41) is 0. The molecule has 0 spiro atoms. The van der Waals surface area contributed by atoms with E-state index in [-0.39, 0.29) is 18.0 Å². The van der Waals surface area contributed by atoms with E-state index in [4.69, 9.17) is 0 Å². The molecule has 0 N–H and O–H groups in total. The van der Waals surface area contributed by atoms with Gasteiger partial charge in [-0.25, -0.2) is 0 Å². The fourth-order valence-corrected chi connectivity index (χ4v) is 3.49. The smallest absolute Gasteiger partial charge is 0.296 e. The van der Waals surface area contributed by atoms with Gasteiger partial charge in [0.15, 0.2) is 11.9 Å². The minimum atomic E-state index is -0.199. The molecule has 0 saturated heterocycles. The summed E-state index contributed by atoms with van der Waals surface area (Å²) in [6.45, 7) is 8.33. The first kappa shape index (κ1) is 15.7. The standard InChI is InChI=1S/C20H25N2O/c1-5-17-11-10-14(2)21(13-17)16(4)20(23)22-15(3)12-18-8-6-7-9-19(18)22/h6-11,13,15-16H,5,12H2,1-4H3/q+1/t15-,16-/m1/s1. The normalized spacial score (nSPS) is 17.9. The fraction of sp³-hybridized carbons (Fsp3) is 0.400. The first-order valence-electron chi connectivity index (χ1n) is 8.44. The summed E-state index contributed by atoms with van der Waals surface area (Å²) in [5.41, 5.74) is 4.71. The molecule has 1 aliphatic heterocycles. The highest BCUT2D eigenvalue weighted by Crippen LogP contribution is 2.33. The number of hydrogen-bond donors (Lipinski definition) is 0. The van der Waals surface area contributed by atoms with Crippen LogP contribution in [-0.4, -0.2) is 11.9 Å². The first-order chi connectivity index (χ1) is 11.0. The highest BCUT2D eigenvalue weighted by Gasteiger charge is 2.37. The lowest BCUT2D eigenvalue weighted by molar-refractivity contribution is -0.711. The van der Waals surface area contributed by atoms with Gasteiger partial charge in [0.2, 0.25) is 6.04 Å². The lowest BCUT2D eigenvalue weighted by Crippen LogP contribution is -2.51. The number of hydrogen-bond acceptors (Lipinski definition) is 1. The minimum Gasteiger partial charge on any atom is -0.303 e. The second kappa shape index (κ2) is 6.15. The number of aromatic nitrogens is 1. The van der Waals surface area contributed by atoms with Crippen molar-refractivity contribution in [1.29, 1.82) is 0 Å². The Morgan fingerprint density at radius 3 is 2.78 bits per heavy atom. The average Bonchev–Trinajstić information content (AvgIpc) is 2.89. The van der Waals surface area contributed by atoms with E-state index >= 15 is 0 Å². The zero-order valence-corrected chi connectivity index (χ0v) is 14.4. The van der Waals surface area contributed by atoms with Crippen molar-refractivity contribution in [2.75, 3.05) is 4.90 Å². The van der Waals surface area contributed by atoms with Crippen molar-refractivity contribution in [3.05, 3.63) is 59.4 Å². The SMILES string of the molecule is CCc1ccc(C)[n+]([C@H](C)C(=O)N2c3ccccc3C[C@H]2C)c1. The van der Waals surface area contributed by atoms with E-state index in [9.17, 15) is 4.79 Å². The maximum Gasteiger partial charge on any atom is 0.296 e. The number of para-hydroxylation sites is 1. The van der Waals surface area contributed by atoms with Gasteiger partial charge in [-0.1, -0.05) is 25.1 Å². The number of anilines is 1. The number of rotatable bonds is 3. The first-order valence-corrected chi connectivity index (χ1v) is 8.44. The molecule has 0 aliphatic carbocycles. The van der Waals surface area contributed by atoms with Crippen molar-refractivity contribution < 1.29 is 9.36 Å². The van der Waals surface area contributed by atoms with E-state index in [2.05, 4.69) is 55.8 Å². The Labute approximate surface area is 138 Å². The Hall–Kier alpha value is -2.16. The molecule has 0 radical (unpaired) electrons. The summed E-state index contributed by atoms with van der Waals surface area (Å²) in [4.78, 5) is 15.2. The number of benzene rings is 1. The molecule has 3 heteroatoms. The van der Waals surface area contributed by atoms with Crippen LogP contribution < -0.4 is 9.47 Å². The molecule has 2 heterocycles. The molecule has 3 nitrogen and oxygen atoms in total. The van der Waals surface area contributed by atoms with Crippen LogP contribution in [0.3, 0.4) is 0 Å². The van der Waals surface area contributed by atoms with E-state index < -0.39 is 0 Å². The van der Waals surface area contributed by atoms with Crippen LogP contribution in [0.15, 0.2) is 42.6 Å². The third-order valence-electron chi connectivity index (χ3n) is 4.88. The quantitative estimate of drug-likeness (QED) is 0.798. The maximum atomic E-state index is 13.2. The molecule has 2 atom stereocenters. The summed E-state index contributed by atoms with van der Waals surface area (Å²) in [6.07, 6.45) is 4.03. The van der Waals surface area contributed by atoms with Crippen molar-refractivity contribution in [2.24, 2.45) is 0 Å². The summed E-state index contributed by atoms with van der Waals surface area (Å²) < 4.78 is 2.11. The Kier molecular flexibility index (Phi) is 4.20. The van der Waals surface area contributed by atoms with Gasteiger partial charge in [0.25, 0.3) is 5.91 Å². The van der Waals surface area contributed by atoms with Crippen molar-refractivity contribution in [2.45, 2.75) is 52.6 Å². The number of fused-ring (bicyclic) bond motifs is 1. The van der Waals surface area contributed by atoms with Gasteiger partial charge in [-0.2, -0.15) is 4.57 Å². The minimum absolute atomic E-state index is 0.170. The Bertz CT molecular complexity index is 738. The zero-order valence-electron chi connectivity index (χ0n) is 14.4. The summed E-state index contributed by atoms with van der Waals surface area (Å²) >= 11 is 0. The molecule has 2 aromatic rings. The van der Waals surface area contributed by atoms with E-state index in [0.717, 1.165) is 24.2 Å². The molecule has 1 aliphatic rings. The van der Waals surface area contributed by atoms with E-state index in [1.807, 2.05) is 24.0 Å². The van der Waals surface area contributed by atoms with Crippen LogP contribution in [0, 0.1) is 6.92 Å². The lowest BCUT2D eigenvalue weighted by atomic mass is 10.1. The summed E-state index contributed by atoms with van der Waals surface area (Å²) in [6, 6.07) is 12.5. The maximum absolute atomic E-state index is 13.2. The number of carbonyl (C=O) groups excluding carboxylic acids is 1. The van der Waals surface area contributed by atoms with Gasteiger partial charge in [0.05, 0.1) is 0 Å². The molecule has 0 saturated carbocycles. The number of pyridine rings is 1. The largest absolute Gasteiger partial charge is 0.303 e. The Morgan fingerprint density at radius 2 is 2.04 bits per heavy atom. The van der Waals surface area contributed by atoms with E-state index in [1.165, 1.54) is 11.1 Å². The van der Waals surface area contributed by atoms with Gasteiger partial charge in [-0.3, -0.25) is 4.79 Å². The predicted octanol–water partition coefficient (Wildman–Crippen LogP) is 3.38. The molecular formula is C20H25N2O+. The van der Waals surface area contributed by atoms with Gasteiger partial charge in [0, 0.05) is 37.2 Å². The Balaban J connectivity index is 1.94. The molecule has 0 bridgehead atoms. The van der Waals surface area contributed by atoms with Crippen LogP contribution in [-0.2, 0) is 17.6 Å². The number of carbonyl (C=O) groups is 1. The van der Waals surface area contributed by atoms with Crippen LogP contribution in [0.1, 0.15) is 43.6 Å². The van der Waals surface area contributed by atoms with Crippen LogP contribution in [0.25, 0.3) is 0 Å². The van der Waals surface area contributed by atoms with Gasteiger partial charge in [-0.05, 0) is 37.5 Å². The molecule has 120 valence electrons. The summed E-state index contributed by atoms with van der Waals surface area (Å²) in [7, 11) is 0. The van der Waals surface area contributed by atoms with Crippen molar-refractivity contribution in [1.82, 2.24) is 0 Å². The molecule has 23 heavy (non-hydrogen) atoms. The fourth-order valence-electron chi connectivity index (χ4n) is 3.49. The highest BCUT2D eigenvalue weighted by molar-refractivity contribution is 5.97. The van der Waals surface area contributed by atoms with Crippen LogP contribution in [0.5, 0.6) is 0 Å². The zero-order chi connectivity index (χ0) is 16.6. The van der Waals surface area contributed by atoms with Gasteiger partial charge >= 0.3 is 0 Å². The number of aryl methyl sites for hydroxylation is 2. The molecule has 0 fully saturated rings. The topological polar surface area (TPSA) is 24.2 Å². The van der Waals surface area contributed by atoms with Crippen LogP contribution >= 0.6 is 0 Å². The van der Waals surface area contributed by atoms with Gasteiger partial charge < -0.3 is 4.90 Å². The molecule has 0 unspecified atom stereocenters. The molecule has 1 amide bonds. The van der Waals surface area contributed by atoms with Crippen molar-refractivity contribution in [3.63, 3.8) is 0 Å². The third-order valence-corrected chi connectivity index (χ3v) is 4.88. The second-order valence-corrected chi connectivity index (χ2v) is 6.51. The lowest BCUT2D eigenvalue weighted by Gasteiger charge is -2.24. The number of amides is 1. The number of nitrogens with zero attached hydrogens (tertiary/aromatic N) is 2. The molecule has 1 aromatic heterocycles. The van der Waals surface area contributed by atoms with Gasteiger partial charge in [-0.15, -0.1) is 0 Å². The van der Waals surface area contributed by atoms with Crippen molar-refractivity contribution >= 4 is 11.6 Å². The predicted molar refractivity (Wildman–Crippen MR) is 92.6 cm³/mol. The third kappa shape index (κ3) is 2.76. The summed E-state index contributed by atoms with van der Waals surface area (Å²) in [5.74, 6) is 0.170. The average molecular weight is 309 g/mol. The molecule has 1 aromatic carbocycles. The van der Waals surface area contributed by atoms with Gasteiger partial charge in [0.1, 0.15) is 0 Å². The second-order valence-electron chi connectivity index (χ2n) is 6.51. The van der Waals surface area contributed by atoms with E-state index in [0.29, 0.717) is 0 Å². The monoisotopic (exact) mass is 309 g/mol. The van der Waals surface area contributed by atoms with E-state index in [1.54, 1.807) is 0 Å². The molecule has 3 rings (SSSR count). The highest BCUT2D eigenvalue weighted by atomic mass is 16.2.